The van der Waals surface area contributed by atoms with Crippen LogP contribution in [-0.4, -0.2) is 30.5 Å². The lowest BCUT2D eigenvalue weighted by molar-refractivity contribution is 0.0724. The van der Waals surface area contributed by atoms with Gasteiger partial charge in [0.2, 0.25) is 0 Å². The van der Waals surface area contributed by atoms with Crippen molar-refractivity contribution in [3.05, 3.63) is 64.7 Å². The van der Waals surface area contributed by atoms with E-state index in [0.29, 0.717) is 11.7 Å². The van der Waals surface area contributed by atoms with Crippen molar-refractivity contribution in [2.24, 2.45) is 0 Å². The van der Waals surface area contributed by atoms with E-state index in [9.17, 15) is 13.6 Å². The number of ether oxygens (including phenoxy) is 1. The summed E-state index contributed by atoms with van der Waals surface area (Å²) in [5, 5.41) is 0. The van der Waals surface area contributed by atoms with Gasteiger partial charge in [-0.05, 0) is 80.1 Å². The van der Waals surface area contributed by atoms with Crippen LogP contribution in [0.25, 0.3) is 0 Å². The Morgan fingerprint density at radius 2 is 1.79 bits per heavy atom. The first-order valence-electron chi connectivity index (χ1n) is 10.0. The van der Waals surface area contributed by atoms with Gasteiger partial charge in [-0.1, -0.05) is 26.0 Å². The normalized spacial score (nSPS) is 15.7. The van der Waals surface area contributed by atoms with Crippen molar-refractivity contribution in [2.45, 2.75) is 45.4 Å². The topological polar surface area (TPSA) is 29.5 Å². The zero-order chi connectivity index (χ0) is 20.1. The molecule has 0 saturated heterocycles. The number of halogens is 2. The molecule has 0 heterocycles. The minimum absolute atomic E-state index is 0.329. The fourth-order valence-corrected chi connectivity index (χ4v) is 4.01. The second-order valence-electron chi connectivity index (χ2n) is 7.38. The van der Waals surface area contributed by atoms with Crippen molar-refractivity contribution < 1.29 is 18.3 Å². The van der Waals surface area contributed by atoms with Crippen LogP contribution in [0.15, 0.2) is 36.4 Å². The summed E-state index contributed by atoms with van der Waals surface area (Å²) in [6, 6.07) is 8.84. The predicted molar refractivity (Wildman–Crippen MR) is 106 cm³/mol. The standard InChI is InChI=1S/C23H27F2NO2/c1-3-12-26(13-4-2)15-17-9-8-16-10-11-18(14-19(16)17)28-23(27)22-20(24)6-5-7-21(22)25/h5-7,10-11,14,17H,3-4,8-9,12-13,15H2,1-2H3. The van der Waals surface area contributed by atoms with E-state index in [-0.39, 0.29) is 0 Å². The summed E-state index contributed by atoms with van der Waals surface area (Å²) in [7, 11) is 0. The number of esters is 1. The zero-order valence-electron chi connectivity index (χ0n) is 16.5. The number of aryl methyl sites for hydroxylation is 1. The van der Waals surface area contributed by atoms with E-state index >= 15 is 0 Å². The van der Waals surface area contributed by atoms with E-state index < -0.39 is 23.2 Å². The summed E-state index contributed by atoms with van der Waals surface area (Å²) in [5.74, 6) is -2.13. The molecule has 0 N–H and O–H groups in total. The molecule has 1 aliphatic carbocycles. The lowest BCUT2D eigenvalue weighted by Gasteiger charge is -2.25. The molecule has 0 amide bonds. The molecule has 2 aromatic rings. The molecule has 28 heavy (non-hydrogen) atoms. The molecule has 3 rings (SSSR count). The average molecular weight is 387 g/mol. The first kappa shape index (κ1) is 20.5. The number of nitrogens with zero attached hydrogens (tertiary/aromatic N) is 1. The Morgan fingerprint density at radius 1 is 1.11 bits per heavy atom. The molecular formula is C23H27F2NO2. The zero-order valence-corrected chi connectivity index (χ0v) is 16.5. The van der Waals surface area contributed by atoms with Crippen LogP contribution in [0.2, 0.25) is 0 Å². The summed E-state index contributed by atoms with van der Waals surface area (Å²) in [6.45, 7) is 7.49. The molecule has 3 nitrogen and oxygen atoms in total. The van der Waals surface area contributed by atoms with Gasteiger partial charge in [-0.2, -0.15) is 0 Å². The fraction of sp³-hybridized carbons (Fsp3) is 0.435. The van der Waals surface area contributed by atoms with Crippen molar-refractivity contribution >= 4 is 5.97 Å². The monoisotopic (exact) mass is 387 g/mol. The fourth-order valence-electron chi connectivity index (χ4n) is 4.01. The number of carbonyl (C=O) groups excluding carboxylic acids is 1. The first-order chi connectivity index (χ1) is 13.5. The van der Waals surface area contributed by atoms with E-state index in [4.69, 9.17) is 4.74 Å². The molecule has 0 bridgehead atoms. The highest BCUT2D eigenvalue weighted by Crippen LogP contribution is 2.36. The Labute approximate surface area is 165 Å². The van der Waals surface area contributed by atoms with Crippen LogP contribution in [0.4, 0.5) is 8.78 Å². The molecule has 0 saturated carbocycles. The van der Waals surface area contributed by atoms with Crippen LogP contribution in [0.1, 0.15) is 60.5 Å². The predicted octanol–water partition coefficient (Wildman–Crippen LogP) is 5.34. The lowest BCUT2D eigenvalue weighted by Crippen LogP contribution is -2.29. The summed E-state index contributed by atoms with van der Waals surface area (Å²) in [5.41, 5.74) is 1.78. The molecule has 0 aliphatic heterocycles. The second kappa shape index (κ2) is 9.28. The largest absolute Gasteiger partial charge is 0.423 e. The summed E-state index contributed by atoms with van der Waals surface area (Å²) in [6.07, 6.45) is 4.30. The number of hydrogen-bond acceptors (Lipinski definition) is 3. The highest BCUT2D eigenvalue weighted by atomic mass is 19.1. The smallest absolute Gasteiger partial charge is 0.349 e. The maximum absolute atomic E-state index is 13.8. The third-order valence-electron chi connectivity index (χ3n) is 5.25. The van der Waals surface area contributed by atoms with Gasteiger partial charge in [0.05, 0.1) is 0 Å². The maximum Gasteiger partial charge on any atom is 0.349 e. The van der Waals surface area contributed by atoms with Crippen LogP contribution in [0.3, 0.4) is 0 Å². The number of hydrogen-bond donors (Lipinski definition) is 0. The van der Waals surface area contributed by atoms with Gasteiger partial charge in [0.15, 0.2) is 0 Å². The van der Waals surface area contributed by atoms with Gasteiger partial charge >= 0.3 is 5.97 Å². The number of carbonyl (C=O) groups is 1. The van der Waals surface area contributed by atoms with Crippen molar-refractivity contribution in [3.8, 4) is 5.75 Å². The van der Waals surface area contributed by atoms with Crippen molar-refractivity contribution in [2.75, 3.05) is 19.6 Å². The van der Waals surface area contributed by atoms with E-state index in [1.54, 1.807) is 6.07 Å². The molecule has 0 fully saturated rings. The van der Waals surface area contributed by atoms with Crippen molar-refractivity contribution in [1.82, 2.24) is 4.90 Å². The molecule has 0 radical (unpaired) electrons. The third-order valence-corrected chi connectivity index (χ3v) is 5.25. The van der Waals surface area contributed by atoms with Crippen LogP contribution in [-0.2, 0) is 6.42 Å². The number of rotatable bonds is 8. The van der Waals surface area contributed by atoms with Gasteiger partial charge in [-0.15, -0.1) is 0 Å². The second-order valence-corrected chi connectivity index (χ2v) is 7.38. The molecular weight excluding hydrogens is 360 g/mol. The Morgan fingerprint density at radius 3 is 2.43 bits per heavy atom. The van der Waals surface area contributed by atoms with E-state index in [1.807, 2.05) is 12.1 Å². The van der Waals surface area contributed by atoms with Crippen molar-refractivity contribution in [1.29, 1.82) is 0 Å². The molecule has 0 aromatic heterocycles. The number of benzene rings is 2. The van der Waals surface area contributed by atoms with Crippen LogP contribution < -0.4 is 4.74 Å². The first-order valence-corrected chi connectivity index (χ1v) is 10.0. The maximum atomic E-state index is 13.8. The van der Waals surface area contributed by atoms with E-state index in [1.165, 1.54) is 17.2 Å². The third kappa shape index (κ3) is 4.58. The van der Waals surface area contributed by atoms with Gasteiger partial charge in [0, 0.05) is 6.54 Å². The number of fused-ring (bicyclic) bond motifs is 1. The van der Waals surface area contributed by atoms with E-state index in [0.717, 1.165) is 57.5 Å². The quantitative estimate of drug-likeness (QED) is 0.453. The molecule has 1 atom stereocenters. The van der Waals surface area contributed by atoms with Gasteiger partial charge < -0.3 is 9.64 Å². The summed E-state index contributed by atoms with van der Waals surface area (Å²) in [4.78, 5) is 14.8. The highest BCUT2D eigenvalue weighted by Gasteiger charge is 2.26. The Kier molecular flexibility index (Phi) is 6.79. The summed E-state index contributed by atoms with van der Waals surface area (Å²) >= 11 is 0. The highest BCUT2D eigenvalue weighted by molar-refractivity contribution is 5.91. The van der Waals surface area contributed by atoms with Gasteiger partial charge in [0.25, 0.3) is 0 Å². The van der Waals surface area contributed by atoms with Crippen LogP contribution in [0.5, 0.6) is 5.75 Å². The Bertz CT molecular complexity index is 811. The molecule has 0 spiro atoms. The minimum Gasteiger partial charge on any atom is -0.423 e. The molecule has 2 aromatic carbocycles. The Balaban J connectivity index is 1.76. The Hall–Kier alpha value is -2.27. The molecule has 1 aliphatic rings. The van der Waals surface area contributed by atoms with E-state index in [2.05, 4.69) is 18.7 Å². The van der Waals surface area contributed by atoms with Gasteiger partial charge in [-0.25, -0.2) is 13.6 Å². The van der Waals surface area contributed by atoms with Crippen molar-refractivity contribution in [3.63, 3.8) is 0 Å². The average Bonchev–Trinajstić information content (AvgIpc) is 3.04. The van der Waals surface area contributed by atoms with Crippen LogP contribution in [0, 0.1) is 11.6 Å². The summed E-state index contributed by atoms with van der Waals surface area (Å²) < 4.78 is 33.0. The lowest BCUT2D eigenvalue weighted by atomic mass is 10.00. The SMILES string of the molecule is CCCN(CCC)CC1CCc2ccc(OC(=O)c3c(F)cccc3F)cc21. The molecule has 1 unspecified atom stereocenters. The van der Waals surface area contributed by atoms with Crippen LogP contribution >= 0.6 is 0 Å². The van der Waals surface area contributed by atoms with Gasteiger partial charge in [0.1, 0.15) is 22.9 Å². The molecule has 5 heteroatoms. The molecule has 150 valence electrons. The van der Waals surface area contributed by atoms with Gasteiger partial charge in [-0.3, -0.25) is 0 Å². The minimum atomic E-state index is -1.01.